The number of aromatic hydroxyl groups is 3. The topological polar surface area (TPSA) is 242 Å². The molecule has 3 aliphatic rings. The number of hydrogen-bond donors (Lipinski definition) is 8. The van der Waals surface area contributed by atoms with E-state index in [2.05, 4.69) is 16.0 Å². The number of aromatic carboxylic acids is 1. The zero-order valence-electron chi connectivity index (χ0n) is 28.6. The number of rotatable bonds is 7. The molecule has 56 heavy (non-hydrogen) atoms. The Labute approximate surface area is 318 Å². The number of amides is 7. The molecule has 8 N–H and O–H groups in total. The maximum absolute atomic E-state index is 14.7. The van der Waals surface area contributed by atoms with Crippen molar-refractivity contribution in [1.29, 1.82) is 0 Å². The number of carbonyl (C=O) groups excluding carboxylic acids is 4. The number of phenols is 3. The van der Waals surface area contributed by atoms with Gasteiger partial charge in [-0.15, -0.1) is 0 Å². The lowest BCUT2D eigenvalue weighted by molar-refractivity contribution is -0.123. The van der Waals surface area contributed by atoms with Crippen molar-refractivity contribution < 1.29 is 71.6 Å². The molecule has 17 nitrogen and oxygen atoms in total. The zero-order valence-corrected chi connectivity index (χ0v) is 29.3. The molecule has 0 saturated carbocycles. The highest BCUT2D eigenvalue weighted by Gasteiger charge is 2.43. The van der Waals surface area contributed by atoms with Gasteiger partial charge in [0.15, 0.2) is 28.9 Å². The van der Waals surface area contributed by atoms with Gasteiger partial charge in [0.2, 0.25) is 5.91 Å². The van der Waals surface area contributed by atoms with Crippen molar-refractivity contribution in [2.45, 2.75) is 37.3 Å². The molecule has 2 atom stereocenters. The zero-order chi connectivity index (χ0) is 40.7. The minimum absolute atomic E-state index is 0.000977. The molecular formula is C33H30BClF4N6O11. The first kappa shape index (κ1) is 39.5. The summed E-state index contributed by atoms with van der Waals surface area (Å²) < 4.78 is 62.4. The number of halogens is 5. The Bertz CT molecular complexity index is 2150. The van der Waals surface area contributed by atoms with Crippen molar-refractivity contribution in [3.05, 3.63) is 75.3 Å². The lowest BCUT2D eigenvalue weighted by Crippen LogP contribution is -2.56. The van der Waals surface area contributed by atoms with Gasteiger partial charge in [-0.25, -0.2) is 41.6 Å². The van der Waals surface area contributed by atoms with Crippen LogP contribution in [0.3, 0.4) is 0 Å². The van der Waals surface area contributed by atoms with Crippen LogP contribution in [0.1, 0.15) is 40.4 Å². The lowest BCUT2D eigenvalue weighted by Gasteiger charge is -2.36. The number of nitrogens with one attached hydrogen (secondary N) is 3. The maximum atomic E-state index is 14.7. The maximum Gasteiger partial charge on any atom is 0.547 e. The number of imide groups is 1. The summed E-state index contributed by atoms with van der Waals surface area (Å²) in [5, 5.41) is 55.6. The summed E-state index contributed by atoms with van der Waals surface area (Å²) in [5.41, 5.74) is -2.23. The predicted octanol–water partition coefficient (Wildman–Crippen LogP) is 3.04. The molecule has 296 valence electrons. The number of fused-ring (bicyclic) bond motifs is 1. The van der Waals surface area contributed by atoms with Crippen molar-refractivity contribution in [2.24, 2.45) is 0 Å². The number of carbonyl (C=O) groups is 5. The third kappa shape index (κ3) is 7.43. The van der Waals surface area contributed by atoms with Gasteiger partial charge in [-0.2, -0.15) is 0 Å². The number of piperidine rings is 1. The average molecular weight is 809 g/mol. The molecule has 7 amide bonds. The molecule has 2 saturated heterocycles. The molecule has 6 rings (SSSR count). The number of anilines is 1. The van der Waals surface area contributed by atoms with Crippen LogP contribution in [-0.4, -0.2) is 115 Å². The van der Waals surface area contributed by atoms with Crippen molar-refractivity contribution in [3.63, 3.8) is 0 Å². The Kier molecular flexibility index (Phi) is 11.0. The molecule has 0 aromatic heterocycles. The van der Waals surface area contributed by atoms with Crippen LogP contribution in [-0.2, 0) is 11.2 Å². The quantitative estimate of drug-likeness (QED) is 0.0981. The second-order valence-corrected chi connectivity index (χ2v) is 13.3. The summed E-state index contributed by atoms with van der Waals surface area (Å²) in [6, 6.07) is -1.31. The SMILES string of the molecule is O=C(O)c1c(F)ccc2c1OB(O)[C@@H](NC(=O)[C@H](NC(=O)N1CCN(C3CCN(C(=O)Nc4c(F)ccc(O)c4F)CC3)C1=O)c1cc(F)c(O)c(O)c1Cl)C2. The Balaban J connectivity index is 1.15. The van der Waals surface area contributed by atoms with Gasteiger partial charge in [0.25, 0.3) is 0 Å². The van der Waals surface area contributed by atoms with Crippen LogP contribution < -0.4 is 20.6 Å². The van der Waals surface area contributed by atoms with Gasteiger partial charge in [0.1, 0.15) is 34.7 Å². The van der Waals surface area contributed by atoms with Crippen molar-refractivity contribution in [2.75, 3.05) is 31.5 Å². The fourth-order valence-electron chi connectivity index (χ4n) is 6.65. The van der Waals surface area contributed by atoms with E-state index in [1.165, 1.54) is 9.80 Å². The Morgan fingerprint density at radius 1 is 0.911 bits per heavy atom. The molecule has 0 spiro atoms. The van der Waals surface area contributed by atoms with Gasteiger partial charge in [0, 0.05) is 37.8 Å². The number of urea groups is 3. The largest absolute Gasteiger partial charge is 0.547 e. The van der Waals surface area contributed by atoms with E-state index in [1.54, 1.807) is 0 Å². The van der Waals surface area contributed by atoms with Crippen LogP contribution in [0.4, 0.5) is 37.6 Å². The first-order chi connectivity index (χ1) is 26.5. The minimum atomic E-state index is -2.02. The van der Waals surface area contributed by atoms with Gasteiger partial charge in [0.05, 0.1) is 11.0 Å². The number of nitrogens with zero attached hydrogens (tertiary/aromatic N) is 3. The highest BCUT2D eigenvalue weighted by atomic mass is 35.5. The van der Waals surface area contributed by atoms with Crippen molar-refractivity contribution >= 4 is 54.4 Å². The molecule has 3 heterocycles. The smallest absolute Gasteiger partial charge is 0.534 e. The van der Waals surface area contributed by atoms with E-state index in [0.29, 0.717) is 11.0 Å². The lowest BCUT2D eigenvalue weighted by atomic mass is 9.72. The van der Waals surface area contributed by atoms with Gasteiger partial charge in [-0.1, -0.05) is 17.7 Å². The van der Waals surface area contributed by atoms with Crippen LogP contribution in [0.2, 0.25) is 5.02 Å². The van der Waals surface area contributed by atoms with E-state index in [4.69, 9.17) is 16.3 Å². The summed E-state index contributed by atoms with van der Waals surface area (Å²) >= 11 is 6.17. The Hall–Kier alpha value is -6.16. The summed E-state index contributed by atoms with van der Waals surface area (Å²) in [4.78, 5) is 68.5. The predicted molar refractivity (Wildman–Crippen MR) is 184 cm³/mol. The summed E-state index contributed by atoms with van der Waals surface area (Å²) in [6.45, 7) is -0.163. The third-order valence-corrected chi connectivity index (χ3v) is 9.97. The summed E-state index contributed by atoms with van der Waals surface area (Å²) in [7, 11) is -1.97. The van der Waals surface area contributed by atoms with Gasteiger partial charge in [-0.05, 0) is 49.1 Å². The average Bonchev–Trinajstić information content (AvgIpc) is 3.55. The Morgan fingerprint density at radius 3 is 2.27 bits per heavy atom. The molecule has 23 heteroatoms. The molecule has 2 fully saturated rings. The number of benzene rings is 3. The molecule has 0 radical (unpaired) electrons. The third-order valence-electron chi connectivity index (χ3n) is 9.57. The highest BCUT2D eigenvalue weighted by Crippen LogP contribution is 2.41. The molecule has 0 aliphatic carbocycles. The van der Waals surface area contributed by atoms with Gasteiger partial charge < -0.3 is 55.9 Å². The molecule has 3 aliphatic heterocycles. The van der Waals surface area contributed by atoms with Crippen LogP contribution in [0.5, 0.6) is 23.0 Å². The van der Waals surface area contributed by atoms with Gasteiger partial charge >= 0.3 is 31.2 Å². The molecule has 3 aromatic carbocycles. The van der Waals surface area contributed by atoms with E-state index in [-0.39, 0.29) is 51.0 Å². The highest BCUT2D eigenvalue weighted by molar-refractivity contribution is 6.47. The fourth-order valence-corrected chi connectivity index (χ4v) is 6.90. The van der Waals surface area contributed by atoms with E-state index < -0.39 is 123 Å². The van der Waals surface area contributed by atoms with Crippen LogP contribution in [0.25, 0.3) is 0 Å². The van der Waals surface area contributed by atoms with Crippen LogP contribution in [0, 0.1) is 23.3 Å². The molecule has 3 aromatic rings. The van der Waals surface area contributed by atoms with Gasteiger partial charge in [-0.3, -0.25) is 4.79 Å². The second-order valence-electron chi connectivity index (χ2n) is 12.9. The second kappa shape index (κ2) is 15.5. The standard InChI is InChI=1S/C33H30BClF4N6O11/c35-22-15(12-18(38)26(47)27(22)48)24(29(49)40-20-11-13-1-2-16(36)21(30(50)51)28(13)56-34(20)55)41-32(53)45-10-9-44(33(45)54)14-5-7-43(8-6-14)31(52)42-25-17(37)3-4-19(46)23(25)39/h1-4,12,14,20,24,46-48,55H,5-11H2,(H,40,49)(H,41,53)(H,42,52)(H,50,51)/t20-,24+/m0/s1. The first-order valence-corrected chi connectivity index (χ1v) is 17.1. The van der Waals surface area contributed by atoms with Crippen LogP contribution >= 0.6 is 11.6 Å². The fraction of sp³-hybridized carbons (Fsp3) is 0.303. The van der Waals surface area contributed by atoms with E-state index >= 15 is 0 Å². The first-order valence-electron chi connectivity index (χ1n) is 16.7. The number of hydrogen-bond acceptors (Lipinski definition) is 10. The van der Waals surface area contributed by atoms with E-state index in [0.717, 1.165) is 24.3 Å². The number of likely N-dealkylation sites (tertiary alicyclic amines) is 1. The minimum Gasteiger partial charge on any atom is -0.534 e. The number of carboxylic acids is 1. The molecule has 0 bridgehead atoms. The summed E-state index contributed by atoms with van der Waals surface area (Å²) in [6.07, 6.45) is 0.0414. The van der Waals surface area contributed by atoms with Crippen molar-refractivity contribution in [3.8, 4) is 23.0 Å². The molecule has 0 unspecified atom stereocenters. The summed E-state index contributed by atoms with van der Waals surface area (Å²) in [5.74, 6) is -13.2. The van der Waals surface area contributed by atoms with E-state index in [1.807, 2.05) is 0 Å². The monoisotopic (exact) mass is 808 g/mol. The number of phenolic OH excluding ortho intramolecular Hbond substituents is 3. The molecular weight excluding hydrogens is 779 g/mol. The van der Waals surface area contributed by atoms with Crippen molar-refractivity contribution in [1.82, 2.24) is 25.3 Å². The number of carboxylic acid groups (broad SMARTS) is 1. The van der Waals surface area contributed by atoms with Crippen LogP contribution in [0.15, 0.2) is 30.3 Å². The Morgan fingerprint density at radius 2 is 1.59 bits per heavy atom. The van der Waals surface area contributed by atoms with E-state index in [9.17, 15) is 67.0 Å². The normalized spacial score (nSPS) is 17.6.